The van der Waals surface area contributed by atoms with Crippen molar-refractivity contribution in [1.29, 1.82) is 0 Å². The Hall–Kier alpha value is -1.51. The highest BCUT2D eigenvalue weighted by molar-refractivity contribution is 8.00. The third kappa shape index (κ3) is 5.94. The lowest BCUT2D eigenvalue weighted by molar-refractivity contribution is -0.137. The third-order valence-electron chi connectivity index (χ3n) is 10.1. The van der Waals surface area contributed by atoms with Gasteiger partial charge in [0.05, 0.1) is 21.9 Å². The molecule has 4 aliphatic carbocycles. The summed E-state index contributed by atoms with van der Waals surface area (Å²) in [6.45, 7) is 2.06. The number of carbonyl (C=O) groups excluding carboxylic acids is 2. The van der Waals surface area contributed by atoms with Gasteiger partial charge in [-0.1, -0.05) is 57.0 Å². The van der Waals surface area contributed by atoms with Crippen LogP contribution < -0.4 is 15.4 Å². The molecule has 2 bridgehead atoms. The highest BCUT2D eigenvalue weighted by Crippen LogP contribution is 2.55. The molecule has 1 aromatic carbocycles. The Kier molecular flexibility index (Phi) is 8.75. The van der Waals surface area contributed by atoms with Crippen molar-refractivity contribution in [2.75, 3.05) is 12.4 Å². The van der Waals surface area contributed by atoms with Gasteiger partial charge < -0.3 is 20.5 Å². The van der Waals surface area contributed by atoms with Gasteiger partial charge in [0.2, 0.25) is 5.91 Å². The van der Waals surface area contributed by atoms with Crippen molar-refractivity contribution in [3.8, 4) is 5.75 Å². The molecule has 1 aliphatic heterocycles. The van der Waals surface area contributed by atoms with Crippen LogP contribution >= 0.6 is 23.4 Å². The summed E-state index contributed by atoms with van der Waals surface area (Å²) in [4.78, 5) is 26.6. The molecule has 1 heterocycles. The van der Waals surface area contributed by atoms with Crippen LogP contribution in [0.25, 0.3) is 0 Å². The lowest BCUT2D eigenvalue weighted by Crippen LogP contribution is -2.71. The molecule has 1 aromatic rings. The van der Waals surface area contributed by atoms with Gasteiger partial charge in [0.25, 0.3) is 5.91 Å². The number of thioether (sulfide) groups is 1. The van der Waals surface area contributed by atoms with Crippen LogP contribution in [-0.4, -0.2) is 51.7 Å². The summed E-state index contributed by atoms with van der Waals surface area (Å²) in [6.07, 6.45) is 12.1. The number of aliphatic hydroxyl groups is 1. The topological polar surface area (TPSA) is 87.7 Å². The van der Waals surface area contributed by atoms with E-state index < -0.39 is 23.0 Å². The quantitative estimate of drug-likeness (QED) is 0.397. The van der Waals surface area contributed by atoms with Gasteiger partial charge in [-0.3, -0.25) is 9.59 Å². The maximum atomic E-state index is 13.9. The second-order valence-corrected chi connectivity index (χ2v) is 14.1. The van der Waals surface area contributed by atoms with E-state index in [1.807, 2.05) is 11.8 Å². The fraction of sp³-hybridized carbons (Fsp3) is 0.733. The average molecular weight is 581 g/mol. The van der Waals surface area contributed by atoms with E-state index in [0.29, 0.717) is 25.2 Å². The molecule has 5 aliphatic rings. The van der Waals surface area contributed by atoms with Crippen LogP contribution in [0, 0.1) is 17.2 Å². The van der Waals surface area contributed by atoms with Crippen molar-refractivity contribution in [1.82, 2.24) is 10.6 Å². The molecular weight excluding hydrogens is 539 g/mol. The monoisotopic (exact) mass is 580 g/mol. The Morgan fingerprint density at radius 3 is 2.36 bits per heavy atom. The van der Waals surface area contributed by atoms with Gasteiger partial charge in [-0.2, -0.15) is 0 Å². The minimum Gasteiger partial charge on any atom is -0.484 e. The first-order valence-corrected chi connectivity index (χ1v) is 16.1. The first-order chi connectivity index (χ1) is 18.7. The molecule has 9 heteroatoms. The van der Waals surface area contributed by atoms with Crippen LogP contribution in [0.3, 0.4) is 0 Å². The number of fused-ring (bicyclic) bond motifs is 3. The van der Waals surface area contributed by atoms with Gasteiger partial charge in [0.1, 0.15) is 11.6 Å². The summed E-state index contributed by atoms with van der Waals surface area (Å²) >= 11 is 7.54. The predicted octanol–water partition coefficient (Wildman–Crippen LogP) is 5.78. The second-order valence-electron chi connectivity index (χ2n) is 12.5. The number of carbonyl (C=O) groups is 2. The second kappa shape index (κ2) is 11.8. The van der Waals surface area contributed by atoms with Crippen molar-refractivity contribution in [3.05, 3.63) is 29.0 Å². The summed E-state index contributed by atoms with van der Waals surface area (Å²) < 4.78 is 19.1. The standard InChI is InChI=1S/C30H42ClFN2O4S/c1-20-19-39-26(29(20)10-6-4-2-3-5-7-11-29)27(37)34-28-12-14-30(15-13-28,24(35)17-28)33-25(36)18-38-21-8-9-22(31)23(32)16-21/h8-9,16,20,24,26,35H,2-7,10-15,17-19H2,1H3,(H,33,36)(H,34,37). The number of aliphatic hydroxyl groups excluding tert-OH is 1. The number of rotatable bonds is 6. The zero-order chi connectivity index (χ0) is 27.7. The molecule has 3 atom stereocenters. The molecule has 39 heavy (non-hydrogen) atoms. The van der Waals surface area contributed by atoms with E-state index in [1.165, 1.54) is 50.7 Å². The van der Waals surface area contributed by atoms with Crippen molar-refractivity contribution < 1.29 is 23.8 Å². The van der Waals surface area contributed by atoms with Crippen LogP contribution in [0.15, 0.2) is 18.2 Å². The maximum absolute atomic E-state index is 13.9. The highest BCUT2D eigenvalue weighted by Gasteiger charge is 2.57. The predicted molar refractivity (Wildman–Crippen MR) is 153 cm³/mol. The van der Waals surface area contributed by atoms with E-state index in [1.54, 1.807) is 0 Å². The summed E-state index contributed by atoms with van der Waals surface area (Å²) in [6, 6.07) is 4.04. The highest BCUT2D eigenvalue weighted by atomic mass is 35.5. The maximum Gasteiger partial charge on any atom is 0.258 e. The van der Waals surface area contributed by atoms with E-state index in [9.17, 15) is 19.1 Å². The van der Waals surface area contributed by atoms with Crippen LogP contribution in [-0.2, 0) is 9.59 Å². The van der Waals surface area contributed by atoms with E-state index in [2.05, 4.69) is 17.6 Å². The fourth-order valence-corrected chi connectivity index (χ4v) is 9.62. The molecule has 1 spiro atoms. The van der Waals surface area contributed by atoms with E-state index in [-0.39, 0.29) is 39.9 Å². The number of nitrogens with one attached hydrogen (secondary N) is 2. The van der Waals surface area contributed by atoms with Crippen LogP contribution in [0.1, 0.15) is 90.4 Å². The minimum absolute atomic E-state index is 0.00913. The van der Waals surface area contributed by atoms with Crippen molar-refractivity contribution >= 4 is 35.2 Å². The van der Waals surface area contributed by atoms with E-state index >= 15 is 0 Å². The summed E-state index contributed by atoms with van der Waals surface area (Å²) in [5.41, 5.74) is -1.08. The lowest BCUT2D eigenvalue weighted by Gasteiger charge is -2.56. The van der Waals surface area contributed by atoms with Crippen molar-refractivity contribution in [3.63, 3.8) is 0 Å². The minimum atomic E-state index is -0.758. The third-order valence-corrected chi connectivity index (χ3v) is 12.2. The molecular formula is C30H42ClFN2O4S. The normalized spacial score (nSPS) is 34.1. The Morgan fingerprint density at radius 2 is 1.72 bits per heavy atom. The largest absolute Gasteiger partial charge is 0.484 e. The Bertz CT molecular complexity index is 1050. The van der Waals surface area contributed by atoms with Crippen molar-refractivity contribution in [2.24, 2.45) is 11.3 Å². The molecule has 0 aromatic heterocycles. The van der Waals surface area contributed by atoms with Gasteiger partial charge in [0.15, 0.2) is 6.61 Å². The fourth-order valence-electron chi connectivity index (χ4n) is 7.68. The Labute approximate surface area is 240 Å². The smallest absolute Gasteiger partial charge is 0.258 e. The molecule has 4 saturated carbocycles. The van der Waals surface area contributed by atoms with Crippen molar-refractivity contribution in [2.45, 2.75) is 113 Å². The zero-order valence-electron chi connectivity index (χ0n) is 22.9. The molecule has 2 amide bonds. The molecule has 6 rings (SSSR count). The van der Waals surface area contributed by atoms with Gasteiger partial charge in [-0.15, -0.1) is 11.8 Å². The molecule has 216 valence electrons. The average Bonchev–Trinajstić information content (AvgIpc) is 3.29. The summed E-state index contributed by atoms with van der Waals surface area (Å²) in [7, 11) is 0. The number of halogens is 2. The van der Waals surface area contributed by atoms with Gasteiger partial charge in [-0.05, 0) is 74.2 Å². The number of benzene rings is 1. The number of ether oxygens (including phenoxy) is 1. The molecule has 1 saturated heterocycles. The van der Waals surface area contributed by atoms with Gasteiger partial charge in [-0.25, -0.2) is 4.39 Å². The number of amides is 2. The summed E-state index contributed by atoms with van der Waals surface area (Å²) in [5.74, 6) is 0.970. The summed E-state index contributed by atoms with van der Waals surface area (Å²) in [5, 5.41) is 17.6. The first kappa shape index (κ1) is 29.0. The van der Waals surface area contributed by atoms with Gasteiger partial charge >= 0.3 is 0 Å². The molecule has 5 fully saturated rings. The van der Waals surface area contributed by atoms with Crippen LogP contribution in [0.5, 0.6) is 5.75 Å². The SMILES string of the molecule is CC1CSC(C(=O)NC23CCC(NC(=O)COc4ccc(Cl)c(F)c4)(CC2)C(O)C3)C12CCCCCCCC2. The lowest BCUT2D eigenvalue weighted by atomic mass is 9.59. The van der Waals surface area contributed by atoms with E-state index in [4.69, 9.17) is 16.3 Å². The van der Waals surface area contributed by atoms with E-state index in [0.717, 1.165) is 37.5 Å². The Morgan fingerprint density at radius 1 is 1.05 bits per heavy atom. The first-order valence-electron chi connectivity index (χ1n) is 14.7. The number of hydrogen-bond donors (Lipinski definition) is 3. The molecule has 3 N–H and O–H groups in total. The van der Waals surface area contributed by atoms with Crippen LogP contribution in [0.4, 0.5) is 4.39 Å². The Balaban J connectivity index is 1.19. The molecule has 0 radical (unpaired) electrons. The number of hydrogen-bond acceptors (Lipinski definition) is 5. The zero-order valence-corrected chi connectivity index (χ0v) is 24.5. The van der Waals surface area contributed by atoms with Gasteiger partial charge in [0, 0.05) is 11.6 Å². The molecule has 6 nitrogen and oxygen atoms in total. The van der Waals surface area contributed by atoms with Crippen LogP contribution in [0.2, 0.25) is 5.02 Å². The molecule has 3 unspecified atom stereocenters.